The molecule has 1 rings (SSSR count). The first kappa shape index (κ1) is 14.9. The predicted octanol–water partition coefficient (Wildman–Crippen LogP) is 0.833. The molecule has 0 aromatic heterocycles. The number of aliphatic hydroxyl groups excluding tert-OH is 1. The number of aliphatic hydroxyl groups is 1. The zero-order valence-electron chi connectivity index (χ0n) is 10.9. The summed E-state index contributed by atoms with van der Waals surface area (Å²) in [5.41, 5.74) is 6.78. The van der Waals surface area contributed by atoms with Gasteiger partial charge in [0.25, 0.3) is 0 Å². The fourth-order valence-corrected chi connectivity index (χ4v) is 3.32. The van der Waals surface area contributed by atoms with Crippen molar-refractivity contribution in [2.24, 2.45) is 0 Å². The summed E-state index contributed by atoms with van der Waals surface area (Å²) >= 11 is 0. The minimum Gasteiger partial charge on any atom is -0.399 e. The molecule has 5 nitrogen and oxygen atoms in total. The van der Waals surface area contributed by atoms with Crippen LogP contribution in [0.1, 0.15) is 19.4 Å². The molecule has 18 heavy (non-hydrogen) atoms. The molecule has 0 spiro atoms. The molecule has 0 heterocycles. The summed E-state index contributed by atoms with van der Waals surface area (Å²) in [6.45, 7) is 3.49. The molecule has 0 aliphatic carbocycles. The maximum Gasteiger partial charge on any atom is 0.243 e. The van der Waals surface area contributed by atoms with Gasteiger partial charge in [-0.2, -0.15) is 4.31 Å². The second-order valence-electron chi connectivity index (χ2n) is 4.36. The molecule has 1 aromatic rings. The van der Waals surface area contributed by atoms with E-state index in [1.54, 1.807) is 19.1 Å². The molecule has 0 radical (unpaired) electrons. The first-order valence-electron chi connectivity index (χ1n) is 5.81. The highest BCUT2D eigenvalue weighted by Crippen LogP contribution is 2.22. The SMILES string of the molecule is CCc1ccc(N)cc1S(=O)(=O)N(C)CC(C)O. The Morgan fingerprint density at radius 2 is 2.06 bits per heavy atom. The van der Waals surface area contributed by atoms with Crippen LogP contribution in [0.2, 0.25) is 0 Å². The maximum atomic E-state index is 12.4. The molecule has 1 unspecified atom stereocenters. The second-order valence-corrected chi connectivity index (χ2v) is 6.37. The number of hydrogen-bond acceptors (Lipinski definition) is 4. The number of rotatable bonds is 5. The standard InChI is InChI=1S/C12H20N2O3S/c1-4-10-5-6-11(13)7-12(10)18(16,17)14(3)8-9(2)15/h5-7,9,15H,4,8,13H2,1-3H3. The van der Waals surface area contributed by atoms with E-state index in [0.717, 1.165) is 9.87 Å². The van der Waals surface area contributed by atoms with Crippen molar-refractivity contribution in [1.82, 2.24) is 4.31 Å². The van der Waals surface area contributed by atoms with Crippen LogP contribution in [-0.4, -0.2) is 37.5 Å². The van der Waals surface area contributed by atoms with E-state index >= 15 is 0 Å². The molecule has 1 aromatic carbocycles. The van der Waals surface area contributed by atoms with Crippen molar-refractivity contribution >= 4 is 15.7 Å². The van der Waals surface area contributed by atoms with Crippen molar-refractivity contribution in [3.63, 3.8) is 0 Å². The van der Waals surface area contributed by atoms with Gasteiger partial charge < -0.3 is 10.8 Å². The Kier molecular flexibility index (Phi) is 4.72. The number of likely N-dealkylation sites (N-methyl/N-ethyl adjacent to an activating group) is 1. The van der Waals surface area contributed by atoms with Gasteiger partial charge in [0.15, 0.2) is 0 Å². The van der Waals surface area contributed by atoms with E-state index in [0.29, 0.717) is 12.1 Å². The summed E-state index contributed by atoms with van der Waals surface area (Å²) in [5, 5.41) is 9.28. The van der Waals surface area contributed by atoms with Crippen LogP contribution in [0.3, 0.4) is 0 Å². The highest BCUT2D eigenvalue weighted by molar-refractivity contribution is 7.89. The molecule has 3 N–H and O–H groups in total. The molecule has 102 valence electrons. The first-order chi connectivity index (χ1) is 8.28. The van der Waals surface area contributed by atoms with Gasteiger partial charge in [-0.3, -0.25) is 0 Å². The van der Waals surface area contributed by atoms with Crippen LogP contribution < -0.4 is 5.73 Å². The van der Waals surface area contributed by atoms with Crippen LogP contribution in [-0.2, 0) is 16.4 Å². The summed E-state index contributed by atoms with van der Waals surface area (Å²) in [6.07, 6.45) is -0.104. The third kappa shape index (κ3) is 3.22. The van der Waals surface area contributed by atoms with E-state index in [1.165, 1.54) is 13.1 Å². The van der Waals surface area contributed by atoms with Crippen molar-refractivity contribution in [2.45, 2.75) is 31.3 Å². The fourth-order valence-electron chi connectivity index (χ4n) is 1.74. The quantitative estimate of drug-likeness (QED) is 0.778. The molecule has 0 fully saturated rings. The molecule has 0 amide bonds. The summed E-state index contributed by atoms with van der Waals surface area (Å²) in [7, 11) is -2.16. The zero-order chi connectivity index (χ0) is 13.9. The van der Waals surface area contributed by atoms with E-state index < -0.39 is 16.1 Å². The van der Waals surface area contributed by atoms with Crippen molar-refractivity contribution in [3.05, 3.63) is 23.8 Å². The molecule has 0 saturated heterocycles. The zero-order valence-corrected chi connectivity index (χ0v) is 11.7. The van der Waals surface area contributed by atoms with Crippen molar-refractivity contribution in [3.8, 4) is 0 Å². The molecule has 1 atom stereocenters. The van der Waals surface area contributed by atoms with Crippen LogP contribution in [0, 0.1) is 0 Å². The van der Waals surface area contributed by atoms with Crippen molar-refractivity contribution in [2.75, 3.05) is 19.3 Å². The van der Waals surface area contributed by atoms with Gasteiger partial charge in [-0.1, -0.05) is 13.0 Å². The minimum atomic E-state index is -3.61. The van der Waals surface area contributed by atoms with Crippen LogP contribution in [0.4, 0.5) is 5.69 Å². The fraction of sp³-hybridized carbons (Fsp3) is 0.500. The van der Waals surface area contributed by atoms with Crippen molar-refractivity contribution in [1.29, 1.82) is 0 Å². The van der Waals surface area contributed by atoms with Gasteiger partial charge in [0.1, 0.15) is 0 Å². The monoisotopic (exact) mass is 272 g/mol. The average Bonchev–Trinajstić information content (AvgIpc) is 2.28. The van der Waals surface area contributed by atoms with Gasteiger partial charge in [-0.05, 0) is 31.0 Å². The van der Waals surface area contributed by atoms with E-state index in [-0.39, 0.29) is 11.4 Å². The Morgan fingerprint density at radius 1 is 1.44 bits per heavy atom. The van der Waals surface area contributed by atoms with Crippen LogP contribution in [0.5, 0.6) is 0 Å². The number of sulfonamides is 1. The number of nitrogen functional groups attached to an aromatic ring is 1. The molecule has 0 saturated carbocycles. The summed E-state index contributed by atoms with van der Waals surface area (Å²) in [6, 6.07) is 4.87. The second kappa shape index (κ2) is 5.69. The van der Waals surface area contributed by atoms with Gasteiger partial charge in [-0.15, -0.1) is 0 Å². The van der Waals surface area contributed by atoms with Gasteiger partial charge in [-0.25, -0.2) is 8.42 Å². The Bertz CT molecular complexity index is 512. The Morgan fingerprint density at radius 3 is 2.56 bits per heavy atom. The number of benzene rings is 1. The van der Waals surface area contributed by atoms with Gasteiger partial charge >= 0.3 is 0 Å². The Labute approximate surface area is 108 Å². The lowest BCUT2D eigenvalue weighted by atomic mass is 10.1. The topological polar surface area (TPSA) is 83.6 Å². The largest absolute Gasteiger partial charge is 0.399 e. The number of aryl methyl sites for hydroxylation is 1. The van der Waals surface area contributed by atoms with E-state index in [2.05, 4.69) is 0 Å². The number of anilines is 1. The molecule has 0 aliphatic heterocycles. The highest BCUT2D eigenvalue weighted by Gasteiger charge is 2.24. The summed E-state index contributed by atoms with van der Waals surface area (Å²) < 4.78 is 25.9. The molecule has 6 heteroatoms. The van der Waals surface area contributed by atoms with Gasteiger partial charge in [0, 0.05) is 19.3 Å². The molecular formula is C12H20N2O3S. The van der Waals surface area contributed by atoms with Gasteiger partial charge in [0.2, 0.25) is 10.0 Å². The minimum absolute atomic E-state index is 0.0558. The smallest absolute Gasteiger partial charge is 0.243 e. The third-order valence-electron chi connectivity index (χ3n) is 2.68. The molecule has 0 aliphatic rings. The van der Waals surface area contributed by atoms with Crippen LogP contribution >= 0.6 is 0 Å². The van der Waals surface area contributed by atoms with E-state index in [9.17, 15) is 13.5 Å². The maximum absolute atomic E-state index is 12.4. The summed E-state index contributed by atoms with van der Waals surface area (Å²) in [4.78, 5) is 0.216. The molecular weight excluding hydrogens is 252 g/mol. The number of nitrogens with two attached hydrogens (primary N) is 1. The highest BCUT2D eigenvalue weighted by atomic mass is 32.2. The Balaban J connectivity index is 3.23. The predicted molar refractivity (Wildman–Crippen MR) is 71.7 cm³/mol. The first-order valence-corrected chi connectivity index (χ1v) is 7.25. The Hall–Kier alpha value is -1.11. The normalized spacial score (nSPS) is 13.8. The average molecular weight is 272 g/mol. The number of hydrogen-bond donors (Lipinski definition) is 2. The van der Waals surface area contributed by atoms with Crippen LogP contribution in [0.15, 0.2) is 23.1 Å². The third-order valence-corrected chi connectivity index (χ3v) is 4.59. The van der Waals surface area contributed by atoms with Crippen molar-refractivity contribution < 1.29 is 13.5 Å². The summed E-state index contributed by atoms with van der Waals surface area (Å²) in [5.74, 6) is 0. The van der Waals surface area contributed by atoms with E-state index in [4.69, 9.17) is 5.73 Å². The molecule has 0 bridgehead atoms. The lowest BCUT2D eigenvalue weighted by Gasteiger charge is -2.20. The van der Waals surface area contributed by atoms with Gasteiger partial charge in [0.05, 0.1) is 11.0 Å². The van der Waals surface area contributed by atoms with Crippen LogP contribution in [0.25, 0.3) is 0 Å². The lowest BCUT2D eigenvalue weighted by molar-refractivity contribution is 0.171. The van der Waals surface area contributed by atoms with E-state index in [1.807, 2.05) is 6.92 Å². The number of nitrogens with zero attached hydrogens (tertiary/aromatic N) is 1. The lowest BCUT2D eigenvalue weighted by Crippen LogP contribution is -2.33.